The fourth-order valence-corrected chi connectivity index (χ4v) is 8.26. The summed E-state index contributed by atoms with van der Waals surface area (Å²) in [6, 6.07) is -0.652. The fraction of sp³-hybridized carbons (Fsp3) is 0.923. The van der Waals surface area contributed by atoms with Crippen molar-refractivity contribution in [3.05, 3.63) is 12.2 Å². The summed E-state index contributed by atoms with van der Waals surface area (Å²) in [5, 5.41) is 13.9. The highest BCUT2D eigenvalue weighted by Gasteiger charge is 2.27. The lowest BCUT2D eigenvalue weighted by molar-refractivity contribution is -0.870. The number of nitrogens with one attached hydrogen (secondary N) is 1. The van der Waals surface area contributed by atoms with Gasteiger partial charge in [-0.05, 0) is 30.6 Å². The van der Waals surface area contributed by atoms with Gasteiger partial charge >= 0.3 is 6.80 Å². The van der Waals surface area contributed by atoms with Crippen LogP contribution in [0.2, 0.25) is 0 Å². The van der Waals surface area contributed by atoms with Crippen LogP contribution in [-0.2, 0) is 13.9 Å². The predicted octanol–water partition coefficient (Wildman–Crippen LogP) is 11.1. The second kappa shape index (κ2) is 32.5. The Labute approximate surface area is 302 Å². The maximum atomic E-state index is 12.8. The van der Waals surface area contributed by atoms with E-state index < -0.39 is 18.9 Å². The molecule has 0 rings (SSSR count). The molecular formula is C39H80N2O5PS+. The summed E-state index contributed by atoms with van der Waals surface area (Å²) in [7, 11) is 6.00. The standard InChI is InChI=1S/C39H79N2O5PS/c1-6-8-10-12-14-16-18-20-22-24-26-28-30-32-38(42)37(36-48-47(44,45)46-35-34-41(3,4)5)40-39(43)33-31-29-27-25-23-21-19-17-15-13-11-9-7-2/h30,32,37-38,42H,6-29,31,33-36H2,1-5H3,(H-,40,43,44,45)/p+1/b32-30+/t37-,38+/m0/s1. The average Bonchev–Trinajstić information content (AvgIpc) is 3.02. The number of amides is 1. The van der Waals surface area contributed by atoms with E-state index in [0.717, 1.165) is 43.5 Å². The summed E-state index contributed by atoms with van der Waals surface area (Å²) in [5.41, 5.74) is 0. The van der Waals surface area contributed by atoms with Gasteiger partial charge in [0.1, 0.15) is 13.2 Å². The van der Waals surface area contributed by atoms with Crippen LogP contribution in [0.15, 0.2) is 12.2 Å². The molecule has 1 amide bonds. The van der Waals surface area contributed by atoms with E-state index in [9.17, 15) is 19.4 Å². The van der Waals surface area contributed by atoms with Crippen molar-refractivity contribution in [3.63, 3.8) is 0 Å². The number of allylic oxidation sites excluding steroid dienone is 1. The second-order valence-corrected chi connectivity index (χ2v) is 19.0. The third kappa shape index (κ3) is 34.1. The molecule has 0 fully saturated rings. The van der Waals surface area contributed by atoms with Gasteiger partial charge in [0.2, 0.25) is 5.91 Å². The SMILES string of the molecule is CCCCCCCCCCCCC/C=C/[C@@H](O)[C@H](CSP(=O)(O)OCC[N+](C)(C)C)NC(=O)CCCCCCCCCCCCCCC. The molecular weight excluding hydrogens is 639 g/mol. The Balaban J connectivity index is 4.50. The number of unbranched alkanes of at least 4 members (excludes halogenated alkanes) is 23. The van der Waals surface area contributed by atoms with Crippen LogP contribution in [0.3, 0.4) is 0 Å². The zero-order chi connectivity index (χ0) is 35.8. The number of aliphatic hydroxyl groups excluding tert-OH is 1. The van der Waals surface area contributed by atoms with Crippen molar-refractivity contribution in [2.45, 2.75) is 193 Å². The van der Waals surface area contributed by atoms with Crippen molar-refractivity contribution in [1.82, 2.24) is 5.32 Å². The normalized spacial score (nSPS) is 14.7. The summed E-state index contributed by atoms with van der Waals surface area (Å²) < 4.78 is 18.6. The van der Waals surface area contributed by atoms with Gasteiger partial charge in [-0.2, -0.15) is 0 Å². The van der Waals surface area contributed by atoms with Crippen LogP contribution >= 0.6 is 18.2 Å². The summed E-state index contributed by atoms with van der Waals surface area (Å²) >= 11 is 0.791. The largest absolute Gasteiger partial charge is 0.387 e. The first kappa shape index (κ1) is 47.6. The zero-order valence-corrected chi connectivity index (χ0v) is 33.9. The Morgan fingerprint density at radius 2 is 1.15 bits per heavy atom. The number of rotatable bonds is 36. The smallest absolute Gasteiger partial charge is 0.386 e. The molecule has 9 heteroatoms. The highest BCUT2D eigenvalue weighted by molar-refractivity contribution is 8.54. The first-order valence-electron chi connectivity index (χ1n) is 20.1. The van der Waals surface area contributed by atoms with Crippen LogP contribution in [0.1, 0.15) is 181 Å². The minimum Gasteiger partial charge on any atom is -0.387 e. The third-order valence-electron chi connectivity index (χ3n) is 9.01. The lowest BCUT2D eigenvalue weighted by atomic mass is 10.0. The number of carbonyl (C=O) groups is 1. The maximum Gasteiger partial charge on any atom is 0.386 e. The highest BCUT2D eigenvalue weighted by Crippen LogP contribution is 2.55. The molecule has 0 aromatic rings. The van der Waals surface area contributed by atoms with Crippen molar-refractivity contribution >= 4 is 24.1 Å². The molecule has 0 heterocycles. The Kier molecular flexibility index (Phi) is 32.3. The average molecular weight is 720 g/mol. The molecule has 3 atom stereocenters. The van der Waals surface area contributed by atoms with Crippen molar-refractivity contribution in [1.29, 1.82) is 0 Å². The van der Waals surface area contributed by atoms with E-state index in [4.69, 9.17) is 4.52 Å². The van der Waals surface area contributed by atoms with Gasteiger partial charge in [0.15, 0.2) is 0 Å². The van der Waals surface area contributed by atoms with Crippen LogP contribution in [0.4, 0.5) is 0 Å². The van der Waals surface area contributed by atoms with Gasteiger partial charge in [0.25, 0.3) is 0 Å². The monoisotopic (exact) mass is 720 g/mol. The van der Waals surface area contributed by atoms with Crippen LogP contribution in [0.5, 0.6) is 0 Å². The molecule has 0 bridgehead atoms. The molecule has 3 N–H and O–H groups in total. The number of nitrogens with zero attached hydrogens (tertiary/aromatic N) is 1. The summed E-state index contributed by atoms with van der Waals surface area (Å²) in [5.74, 6) is -0.00730. The molecule has 7 nitrogen and oxygen atoms in total. The van der Waals surface area contributed by atoms with E-state index in [-0.39, 0.29) is 18.3 Å². The van der Waals surface area contributed by atoms with Crippen molar-refractivity contribution < 1.29 is 28.4 Å². The molecule has 0 radical (unpaired) electrons. The predicted molar refractivity (Wildman–Crippen MR) is 210 cm³/mol. The van der Waals surface area contributed by atoms with Crippen LogP contribution in [-0.4, -0.2) is 72.6 Å². The van der Waals surface area contributed by atoms with Crippen LogP contribution in [0, 0.1) is 0 Å². The fourth-order valence-electron chi connectivity index (χ4n) is 5.75. The number of quaternary nitrogens is 1. The van der Waals surface area contributed by atoms with Gasteiger partial charge in [-0.15, -0.1) is 0 Å². The minimum absolute atomic E-state index is 0.104. The summed E-state index contributed by atoms with van der Waals surface area (Å²) in [6.45, 7) is 1.39. The van der Waals surface area contributed by atoms with E-state index in [0.29, 0.717) is 17.4 Å². The summed E-state index contributed by atoms with van der Waals surface area (Å²) in [6.07, 6.45) is 34.7. The Morgan fingerprint density at radius 3 is 1.58 bits per heavy atom. The lowest BCUT2D eigenvalue weighted by Gasteiger charge is -2.25. The molecule has 0 aliphatic carbocycles. The Bertz CT molecular complexity index is 808. The van der Waals surface area contributed by atoms with Gasteiger partial charge in [-0.1, -0.05) is 167 Å². The second-order valence-electron chi connectivity index (χ2n) is 15.0. The summed E-state index contributed by atoms with van der Waals surface area (Å²) in [4.78, 5) is 23.2. The molecule has 1 unspecified atom stereocenters. The highest BCUT2D eigenvalue weighted by atomic mass is 32.7. The number of aliphatic hydroxyl groups is 1. The Hall–Kier alpha value is -0.370. The lowest BCUT2D eigenvalue weighted by Crippen LogP contribution is -2.44. The molecule has 0 aromatic carbocycles. The minimum atomic E-state index is -3.91. The van der Waals surface area contributed by atoms with E-state index in [1.807, 2.05) is 27.2 Å². The molecule has 0 aliphatic rings. The van der Waals surface area contributed by atoms with Crippen molar-refractivity contribution in [3.8, 4) is 0 Å². The van der Waals surface area contributed by atoms with Gasteiger partial charge in [0, 0.05) is 12.2 Å². The van der Waals surface area contributed by atoms with Crippen LogP contribution in [0.25, 0.3) is 0 Å². The van der Waals surface area contributed by atoms with Crippen molar-refractivity contribution in [2.75, 3.05) is 40.0 Å². The molecule has 0 aromatic heterocycles. The molecule has 48 heavy (non-hydrogen) atoms. The van der Waals surface area contributed by atoms with E-state index >= 15 is 0 Å². The van der Waals surface area contributed by atoms with E-state index in [1.54, 1.807) is 6.08 Å². The van der Waals surface area contributed by atoms with E-state index in [2.05, 4.69) is 19.2 Å². The molecule has 0 aliphatic heterocycles. The van der Waals surface area contributed by atoms with Gasteiger partial charge in [0.05, 0.1) is 33.3 Å². The zero-order valence-electron chi connectivity index (χ0n) is 32.2. The third-order valence-corrected chi connectivity index (χ3v) is 12.1. The number of likely N-dealkylation sites (N-methyl/N-ethyl adjacent to an activating group) is 1. The molecule has 0 spiro atoms. The van der Waals surface area contributed by atoms with Gasteiger partial charge in [-0.3, -0.25) is 9.32 Å². The molecule has 286 valence electrons. The van der Waals surface area contributed by atoms with Crippen LogP contribution < -0.4 is 5.32 Å². The maximum absolute atomic E-state index is 12.8. The number of carbonyl (C=O) groups excluding carboxylic acids is 1. The van der Waals surface area contributed by atoms with Gasteiger partial charge < -0.3 is 19.8 Å². The number of hydrogen-bond acceptors (Lipinski definition) is 5. The molecule has 0 saturated carbocycles. The number of hydrogen-bond donors (Lipinski definition) is 3. The first-order chi connectivity index (χ1) is 23.0. The van der Waals surface area contributed by atoms with E-state index in [1.165, 1.54) is 128 Å². The molecule has 0 saturated heterocycles. The topological polar surface area (TPSA) is 95.9 Å². The Morgan fingerprint density at radius 1 is 0.729 bits per heavy atom. The van der Waals surface area contributed by atoms with Crippen molar-refractivity contribution in [2.24, 2.45) is 0 Å². The first-order valence-corrected chi connectivity index (χ1v) is 23.2. The quantitative estimate of drug-likeness (QED) is 0.0258. The van der Waals surface area contributed by atoms with Gasteiger partial charge in [-0.25, -0.2) is 4.57 Å².